The molecule has 136 valence electrons. The first kappa shape index (κ1) is 19.9. The van der Waals surface area contributed by atoms with E-state index in [1.807, 2.05) is 17.9 Å². The van der Waals surface area contributed by atoms with Crippen molar-refractivity contribution in [2.75, 3.05) is 6.54 Å². The van der Waals surface area contributed by atoms with Crippen molar-refractivity contribution in [2.24, 2.45) is 5.73 Å². The quantitative estimate of drug-likeness (QED) is 0.812. The molecule has 1 aromatic carbocycles. The second-order valence-electron chi connectivity index (χ2n) is 6.35. The number of carbonyl (C=O) groups is 1. The molecule has 0 radical (unpaired) electrons. The van der Waals surface area contributed by atoms with E-state index in [9.17, 15) is 9.59 Å². The highest BCUT2D eigenvalue weighted by Crippen LogP contribution is 2.20. The molecule has 8 heteroatoms. The van der Waals surface area contributed by atoms with Gasteiger partial charge in [-0.05, 0) is 44.4 Å². The second kappa shape index (κ2) is 8.29. The number of piperidine rings is 1. The number of hydrogen-bond acceptors (Lipinski definition) is 4. The van der Waals surface area contributed by atoms with Crippen LogP contribution in [0.2, 0.25) is 0 Å². The van der Waals surface area contributed by atoms with Crippen LogP contribution in [0.15, 0.2) is 33.8 Å². The van der Waals surface area contributed by atoms with Crippen LogP contribution in [0.1, 0.15) is 26.2 Å². The summed E-state index contributed by atoms with van der Waals surface area (Å²) in [4.78, 5) is 31.4. The molecule has 1 amide bonds. The van der Waals surface area contributed by atoms with Crippen molar-refractivity contribution >= 4 is 45.1 Å². The molecule has 0 saturated carbocycles. The maximum absolute atomic E-state index is 12.7. The van der Waals surface area contributed by atoms with Gasteiger partial charge in [0.25, 0.3) is 5.56 Å². The van der Waals surface area contributed by atoms with Gasteiger partial charge in [-0.3, -0.25) is 14.2 Å². The fourth-order valence-electron chi connectivity index (χ4n) is 3.29. The molecule has 1 aromatic heterocycles. The molecule has 3 rings (SSSR count). The topological polar surface area (TPSA) is 81.2 Å². The summed E-state index contributed by atoms with van der Waals surface area (Å²) < 4.78 is 2.19. The fraction of sp³-hybridized carbons (Fsp3) is 0.471. The smallest absolute Gasteiger partial charge is 0.261 e. The third kappa shape index (κ3) is 4.22. The summed E-state index contributed by atoms with van der Waals surface area (Å²) in [6, 6.07) is 5.33. The molecule has 2 N–H and O–H groups in total. The van der Waals surface area contributed by atoms with Gasteiger partial charge in [0.2, 0.25) is 5.91 Å². The van der Waals surface area contributed by atoms with Crippen molar-refractivity contribution in [3.63, 3.8) is 0 Å². The van der Waals surface area contributed by atoms with Crippen molar-refractivity contribution in [2.45, 2.75) is 44.8 Å². The van der Waals surface area contributed by atoms with Crippen LogP contribution in [0.4, 0.5) is 0 Å². The molecule has 6 nitrogen and oxygen atoms in total. The number of aromatic nitrogens is 2. The van der Waals surface area contributed by atoms with Crippen molar-refractivity contribution in [3.05, 3.63) is 39.4 Å². The van der Waals surface area contributed by atoms with Crippen LogP contribution in [-0.2, 0) is 11.3 Å². The SMILES string of the molecule is CC(N)C1CCCCN1C(=O)Cn1cnc2ccc(Br)cc2c1=O.Cl. The Morgan fingerprint density at radius 1 is 1.44 bits per heavy atom. The summed E-state index contributed by atoms with van der Waals surface area (Å²) in [6.07, 6.45) is 4.43. The van der Waals surface area contributed by atoms with Crippen LogP contribution < -0.4 is 11.3 Å². The van der Waals surface area contributed by atoms with Gasteiger partial charge in [0.15, 0.2) is 0 Å². The minimum absolute atomic E-state index is 0. The Bertz CT molecular complexity index is 824. The van der Waals surface area contributed by atoms with E-state index in [0.29, 0.717) is 17.4 Å². The summed E-state index contributed by atoms with van der Waals surface area (Å²) in [5.74, 6) is -0.0738. The molecule has 2 unspecified atom stereocenters. The third-order valence-corrected chi connectivity index (χ3v) is 5.06. The van der Waals surface area contributed by atoms with Gasteiger partial charge in [0, 0.05) is 23.1 Å². The van der Waals surface area contributed by atoms with Crippen LogP contribution >= 0.6 is 28.3 Å². The van der Waals surface area contributed by atoms with E-state index in [2.05, 4.69) is 20.9 Å². The molecular formula is C17H22BrClN4O2. The van der Waals surface area contributed by atoms with Gasteiger partial charge in [-0.25, -0.2) is 4.98 Å². The van der Waals surface area contributed by atoms with E-state index >= 15 is 0 Å². The Kier molecular flexibility index (Phi) is 6.59. The zero-order valence-corrected chi connectivity index (χ0v) is 16.4. The summed E-state index contributed by atoms with van der Waals surface area (Å²) in [5, 5.41) is 0.502. The predicted octanol–water partition coefficient (Wildman–Crippen LogP) is 2.31. The molecule has 1 aliphatic rings. The number of hydrogen-bond donors (Lipinski definition) is 1. The lowest BCUT2D eigenvalue weighted by molar-refractivity contribution is -0.136. The van der Waals surface area contributed by atoms with E-state index in [-0.39, 0.29) is 42.5 Å². The van der Waals surface area contributed by atoms with Gasteiger partial charge in [0.1, 0.15) is 6.54 Å². The first-order valence-corrected chi connectivity index (χ1v) is 8.96. The van der Waals surface area contributed by atoms with E-state index in [1.54, 1.807) is 12.1 Å². The predicted molar refractivity (Wildman–Crippen MR) is 104 cm³/mol. The number of nitrogens with two attached hydrogens (primary N) is 1. The van der Waals surface area contributed by atoms with E-state index in [0.717, 1.165) is 23.7 Å². The lowest BCUT2D eigenvalue weighted by atomic mass is 9.97. The summed E-state index contributed by atoms with van der Waals surface area (Å²) in [5.41, 5.74) is 6.45. The monoisotopic (exact) mass is 428 g/mol. The molecule has 1 aliphatic heterocycles. The molecule has 0 spiro atoms. The molecule has 2 heterocycles. The number of rotatable bonds is 3. The highest BCUT2D eigenvalue weighted by Gasteiger charge is 2.29. The minimum Gasteiger partial charge on any atom is -0.337 e. The number of carbonyl (C=O) groups excluding carboxylic acids is 1. The number of likely N-dealkylation sites (tertiary alicyclic amines) is 1. The van der Waals surface area contributed by atoms with Crippen molar-refractivity contribution in [3.8, 4) is 0 Å². The Labute approximate surface area is 160 Å². The lowest BCUT2D eigenvalue weighted by Crippen LogP contribution is -2.52. The lowest BCUT2D eigenvalue weighted by Gasteiger charge is -2.38. The van der Waals surface area contributed by atoms with Crippen molar-refractivity contribution in [1.82, 2.24) is 14.5 Å². The first-order valence-electron chi connectivity index (χ1n) is 8.17. The van der Waals surface area contributed by atoms with Crippen molar-refractivity contribution in [1.29, 1.82) is 0 Å². The molecule has 25 heavy (non-hydrogen) atoms. The van der Waals surface area contributed by atoms with Gasteiger partial charge in [-0.15, -0.1) is 12.4 Å². The zero-order valence-electron chi connectivity index (χ0n) is 14.0. The Hall–Kier alpha value is -1.44. The minimum atomic E-state index is -0.205. The van der Waals surface area contributed by atoms with E-state index in [1.165, 1.54) is 10.9 Å². The van der Waals surface area contributed by atoms with Crippen LogP contribution in [0, 0.1) is 0 Å². The average molecular weight is 430 g/mol. The number of halogens is 2. The number of benzene rings is 1. The molecule has 0 bridgehead atoms. The van der Waals surface area contributed by atoms with Gasteiger partial charge in [-0.2, -0.15) is 0 Å². The fourth-order valence-corrected chi connectivity index (χ4v) is 3.66. The molecular weight excluding hydrogens is 408 g/mol. The van der Waals surface area contributed by atoms with Crippen LogP contribution in [0.25, 0.3) is 10.9 Å². The summed E-state index contributed by atoms with van der Waals surface area (Å²) in [6.45, 7) is 2.63. The van der Waals surface area contributed by atoms with Gasteiger partial charge < -0.3 is 10.6 Å². The van der Waals surface area contributed by atoms with Gasteiger partial charge >= 0.3 is 0 Å². The maximum Gasteiger partial charge on any atom is 0.261 e. The normalized spacial score (nSPS) is 18.7. The van der Waals surface area contributed by atoms with Crippen LogP contribution in [0.5, 0.6) is 0 Å². The molecule has 2 aromatic rings. The standard InChI is InChI=1S/C17H21BrN4O2.ClH/c1-11(19)15-4-2-3-7-22(15)16(23)9-21-10-20-14-6-5-12(18)8-13(14)17(21)24;/h5-6,8,10-11,15H,2-4,7,9,19H2,1H3;1H. The number of amides is 1. The number of nitrogens with zero attached hydrogens (tertiary/aromatic N) is 3. The van der Waals surface area contributed by atoms with Gasteiger partial charge in [0.05, 0.1) is 17.2 Å². The van der Waals surface area contributed by atoms with Crippen LogP contribution in [-0.4, -0.2) is 39.0 Å². The summed E-state index contributed by atoms with van der Waals surface area (Å²) >= 11 is 3.36. The molecule has 1 saturated heterocycles. The largest absolute Gasteiger partial charge is 0.337 e. The van der Waals surface area contributed by atoms with Crippen LogP contribution in [0.3, 0.4) is 0 Å². The highest BCUT2D eigenvalue weighted by molar-refractivity contribution is 9.10. The maximum atomic E-state index is 12.7. The highest BCUT2D eigenvalue weighted by atomic mass is 79.9. The first-order chi connectivity index (χ1) is 11.5. The Balaban J connectivity index is 0.00000225. The van der Waals surface area contributed by atoms with Crippen molar-refractivity contribution < 1.29 is 4.79 Å². The Morgan fingerprint density at radius 3 is 2.92 bits per heavy atom. The van der Waals surface area contributed by atoms with Gasteiger partial charge in [-0.1, -0.05) is 15.9 Å². The molecule has 0 aliphatic carbocycles. The van der Waals surface area contributed by atoms with E-state index in [4.69, 9.17) is 5.73 Å². The molecule has 1 fully saturated rings. The Morgan fingerprint density at radius 2 is 2.20 bits per heavy atom. The third-order valence-electron chi connectivity index (χ3n) is 4.57. The molecule has 2 atom stereocenters. The second-order valence-corrected chi connectivity index (χ2v) is 7.26. The number of fused-ring (bicyclic) bond motifs is 1. The zero-order chi connectivity index (χ0) is 17.3. The average Bonchev–Trinajstić information content (AvgIpc) is 2.57. The summed E-state index contributed by atoms with van der Waals surface area (Å²) in [7, 11) is 0. The van der Waals surface area contributed by atoms with E-state index < -0.39 is 0 Å².